The van der Waals surface area contributed by atoms with Gasteiger partial charge in [-0.05, 0) is 25.1 Å². The van der Waals surface area contributed by atoms with Gasteiger partial charge >= 0.3 is 11.9 Å². The van der Waals surface area contributed by atoms with Gasteiger partial charge in [0.05, 0.1) is 5.56 Å². The van der Waals surface area contributed by atoms with Crippen molar-refractivity contribution in [1.82, 2.24) is 14.3 Å². The summed E-state index contributed by atoms with van der Waals surface area (Å²) in [6, 6.07) is 3.90. The number of hydrogen-bond donors (Lipinski definition) is 1. The Morgan fingerprint density at radius 2 is 1.66 bits per heavy atom. The molecule has 0 unspecified atom stereocenters. The first-order chi connectivity index (χ1) is 16.2. The maximum Gasteiger partial charge on any atom is 0.425 e. The van der Waals surface area contributed by atoms with Gasteiger partial charge in [0.2, 0.25) is 0 Å². The Labute approximate surface area is 194 Å². The van der Waals surface area contributed by atoms with Crippen LogP contribution in [0.4, 0.5) is 32.0 Å². The predicted molar refractivity (Wildman–Crippen MR) is 113 cm³/mol. The molecule has 1 heterocycles. The fraction of sp³-hybridized carbons (Fsp3) is 0.318. The van der Waals surface area contributed by atoms with E-state index in [9.17, 15) is 31.5 Å². The second kappa shape index (κ2) is 9.47. The molecule has 0 bridgehead atoms. The monoisotopic (exact) mass is 502 g/mol. The molecule has 7 nitrogen and oxygen atoms in total. The molecule has 0 saturated heterocycles. The number of hydrogen-bond acceptors (Lipinski definition) is 4. The summed E-state index contributed by atoms with van der Waals surface area (Å²) in [4.78, 5) is 25.3. The summed E-state index contributed by atoms with van der Waals surface area (Å²) in [5.41, 5.74) is -3.07. The fourth-order valence-corrected chi connectivity index (χ4v) is 3.15. The van der Waals surface area contributed by atoms with E-state index >= 15 is 4.39 Å². The Kier molecular flexibility index (Phi) is 6.99. The van der Waals surface area contributed by atoms with Crippen LogP contribution >= 0.6 is 0 Å². The number of alkyl halides is 3. The molecule has 0 saturated carbocycles. The first kappa shape index (κ1) is 25.8. The Bertz CT molecular complexity index is 1310. The largest absolute Gasteiger partial charge is 0.480 e. The maximum absolute atomic E-state index is 15.1. The van der Waals surface area contributed by atoms with Crippen LogP contribution in [-0.4, -0.2) is 32.5 Å². The lowest BCUT2D eigenvalue weighted by Gasteiger charge is -2.20. The zero-order chi connectivity index (χ0) is 26.2. The lowest BCUT2D eigenvalue weighted by molar-refractivity contribution is -0.189. The van der Waals surface area contributed by atoms with E-state index in [0.29, 0.717) is 23.7 Å². The molecule has 0 spiro atoms. The highest BCUT2D eigenvalue weighted by atomic mass is 19.4. The molecule has 1 atom stereocenters. The van der Waals surface area contributed by atoms with Crippen LogP contribution in [0.15, 0.2) is 35.1 Å². The first-order valence-corrected chi connectivity index (χ1v) is 10.2. The Balaban J connectivity index is 2.16. The van der Waals surface area contributed by atoms with Gasteiger partial charge in [-0.3, -0.25) is 9.36 Å². The minimum Gasteiger partial charge on any atom is -0.480 e. The molecule has 1 aromatic heterocycles. The van der Waals surface area contributed by atoms with Crippen molar-refractivity contribution >= 4 is 11.6 Å². The summed E-state index contributed by atoms with van der Waals surface area (Å²) >= 11 is 0. The van der Waals surface area contributed by atoms with Gasteiger partial charge in [-0.25, -0.2) is 18.0 Å². The lowest BCUT2D eigenvalue weighted by Crippen LogP contribution is -2.32. The van der Waals surface area contributed by atoms with Crippen LogP contribution in [0.25, 0.3) is 5.69 Å². The summed E-state index contributed by atoms with van der Waals surface area (Å²) in [5.74, 6) is -5.67. The third kappa shape index (κ3) is 5.17. The van der Waals surface area contributed by atoms with E-state index in [0.717, 1.165) is 22.8 Å². The maximum atomic E-state index is 15.1. The van der Waals surface area contributed by atoms with E-state index < -0.39 is 64.0 Å². The quantitative estimate of drug-likeness (QED) is 0.496. The highest BCUT2D eigenvalue weighted by molar-refractivity contribution is 6.06. The number of benzene rings is 2. The van der Waals surface area contributed by atoms with Gasteiger partial charge in [-0.1, -0.05) is 19.9 Å². The van der Waals surface area contributed by atoms with Crippen LogP contribution in [0.2, 0.25) is 0 Å². The number of carbonyl (C=O) groups excluding carboxylic acids is 1. The van der Waals surface area contributed by atoms with E-state index in [-0.39, 0.29) is 11.7 Å². The number of rotatable bonds is 6. The summed E-state index contributed by atoms with van der Waals surface area (Å²) < 4.78 is 89.1. The van der Waals surface area contributed by atoms with Gasteiger partial charge in [-0.15, -0.1) is 5.10 Å². The number of nitrogens with zero attached hydrogens (tertiary/aromatic N) is 3. The Morgan fingerprint density at radius 3 is 2.17 bits per heavy atom. The molecule has 1 N–H and O–H groups in total. The number of aromatic nitrogens is 3. The van der Waals surface area contributed by atoms with Crippen molar-refractivity contribution in [2.24, 2.45) is 7.05 Å². The van der Waals surface area contributed by atoms with E-state index in [1.165, 1.54) is 7.05 Å². The van der Waals surface area contributed by atoms with E-state index in [2.05, 4.69) is 5.10 Å². The van der Waals surface area contributed by atoms with Gasteiger partial charge < -0.3 is 10.1 Å². The number of halogens is 6. The van der Waals surface area contributed by atoms with Gasteiger partial charge in [0, 0.05) is 19.0 Å². The van der Waals surface area contributed by atoms with E-state index in [1.807, 2.05) is 5.32 Å². The van der Waals surface area contributed by atoms with Crippen molar-refractivity contribution in [2.75, 3.05) is 5.32 Å². The van der Waals surface area contributed by atoms with Crippen molar-refractivity contribution in [2.45, 2.75) is 39.0 Å². The van der Waals surface area contributed by atoms with Crippen LogP contribution in [0.5, 0.6) is 5.75 Å². The average molecular weight is 502 g/mol. The smallest absolute Gasteiger partial charge is 0.425 e. The highest BCUT2D eigenvalue weighted by Gasteiger charge is 2.39. The number of nitrogens with one attached hydrogen (secondary N) is 1. The van der Waals surface area contributed by atoms with Gasteiger partial charge in [0.15, 0.2) is 6.10 Å². The molecule has 3 rings (SSSR count). The molecule has 35 heavy (non-hydrogen) atoms. The molecule has 2 aromatic carbocycles. The fourth-order valence-electron chi connectivity index (χ4n) is 3.15. The van der Waals surface area contributed by atoms with Crippen LogP contribution in [-0.2, 0) is 7.05 Å². The van der Waals surface area contributed by atoms with Crippen molar-refractivity contribution in [1.29, 1.82) is 0 Å². The number of anilines is 1. The Hall–Kier alpha value is -3.77. The van der Waals surface area contributed by atoms with Crippen LogP contribution in [0, 0.1) is 17.5 Å². The molecule has 0 aliphatic rings. The third-order valence-corrected chi connectivity index (χ3v) is 5.02. The molecular formula is C22H20F6N4O3. The van der Waals surface area contributed by atoms with Gasteiger partial charge in [0.25, 0.3) is 5.91 Å². The zero-order valence-electron chi connectivity index (χ0n) is 18.9. The molecule has 188 valence electrons. The molecule has 0 radical (unpaired) electrons. The van der Waals surface area contributed by atoms with E-state index in [4.69, 9.17) is 4.74 Å². The predicted octanol–water partition coefficient (Wildman–Crippen LogP) is 4.69. The average Bonchev–Trinajstić information content (AvgIpc) is 3.05. The minimum atomic E-state index is -4.87. The summed E-state index contributed by atoms with van der Waals surface area (Å²) in [6.45, 7) is 4.08. The Morgan fingerprint density at radius 1 is 1.06 bits per heavy atom. The number of ether oxygens (including phenoxy) is 1. The van der Waals surface area contributed by atoms with Crippen molar-refractivity contribution in [3.8, 4) is 11.4 Å². The number of carbonyl (C=O) groups is 1. The highest BCUT2D eigenvalue weighted by Crippen LogP contribution is 2.31. The lowest BCUT2D eigenvalue weighted by atomic mass is 10.1. The third-order valence-electron chi connectivity index (χ3n) is 5.02. The van der Waals surface area contributed by atoms with Gasteiger partial charge in [0.1, 0.15) is 40.4 Å². The number of para-hydroxylation sites is 1. The summed E-state index contributed by atoms with van der Waals surface area (Å²) in [5, 5.41) is 5.89. The molecular weight excluding hydrogens is 482 g/mol. The summed E-state index contributed by atoms with van der Waals surface area (Å²) in [7, 11) is 1.38. The van der Waals surface area contributed by atoms with Crippen LogP contribution in [0.3, 0.4) is 0 Å². The van der Waals surface area contributed by atoms with E-state index in [1.54, 1.807) is 13.8 Å². The zero-order valence-corrected chi connectivity index (χ0v) is 18.9. The molecule has 3 aromatic rings. The van der Waals surface area contributed by atoms with Crippen molar-refractivity contribution < 1.29 is 35.9 Å². The standard InChI is InChI=1S/C22H20F6N4O3/c1-10(2)19-30-32(21(34)31(19)4)16-9-17(35-11(3)22(26,27)28)12(8-15(16)25)20(33)29-18-13(23)6-5-7-14(18)24/h5-11H,1-4H3,(H,29,33)/t11-/m0/s1. The molecule has 13 heteroatoms. The summed E-state index contributed by atoms with van der Waals surface area (Å²) in [6.07, 6.45) is -7.32. The normalized spacial score (nSPS) is 12.7. The number of amides is 1. The van der Waals surface area contributed by atoms with Crippen molar-refractivity contribution in [3.63, 3.8) is 0 Å². The topological polar surface area (TPSA) is 78.2 Å². The SMILES string of the molecule is CC(C)c1nn(-c2cc(O[C@@H](C)C(F)(F)F)c(C(=O)Nc3c(F)cccc3F)cc2F)c(=O)n1C. The van der Waals surface area contributed by atoms with Crippen molar-refractivity contribution in [3.05, 3.63) is 69.7 Å². The van der Waals surface area contributed by atoms with Crippen LogP contribution < -0.4 is 15.7 Å². The van der Waals surface area contributed by atoms with Gasteiger partial charge in [-0.2, -0.15) is 17.9 Å². The molecule has 0 aliphatic heterocycles. The van der Waals surface area contributed by atoms with Crippen LogP contribution in [0.1, 0.15) is 42.9 Å². The molecule has 1 amide bonds. The molecule has 0 aliphatic carbocycles. The second-order valence-electron chi connectivity index (χ2n) is 7.92. The molecule has 0 fully saturated rings. The minimum absolute atomic E-state index is 0.251. The first-order valence-electron chi connectivity index (χ1n) is 10.2. The second-order valence-corrected chi connectivity index (χ2v) is 7.92.